The molecular weight excluding hydrogens is 352 g/mol. The lowest BCUT2D eigenvalue weighted by Gasteiger charge is -2.15. The van der Waals surface area contributed by atoms with Crippen LogP contribution in [-0.4, -0.2) is 25.2 Å². The minimum Gasteiger partial charge on any atom is -0.462 e. The first-order chi connectivity index (χ1) is 13.6. The topological polar surface area (TPSA) is 52.6 Å². The Morgan fingerprint density at radius 1 is 0.714 bits per heavy atom. The van der Waals surface area contributed by atoms with Crippen molar-refractivity contribution in [3.8, 4) is 0 Å². The van der Waals surface area contributed by atoms with Gasteiger partial charge in [-0.1, -0.05) is 78.4 Å². The Morgan fingerprint density at radius 2 is 1.11 bits per heavy atom. The Bertz CT molecular complexity index is 531. The molecule has 1 rings (SSSR count). The van der Waals surface area contributed by atoms with Crippen molar-refractivity contribution in [3.05, 3.63) is 35.4 Å². The van der Waals surface area contributed by atoms with E-state index in [9.17, 15) is 9.59 Å². The quantitative estimate of drug-likeness (QED) is 0.343. The summed E-state index contributed by atoms with van der Waals surface area (Å²) in [6.07, 6.45) is 8.46. The Morgan fingerprint density at radius 3 is 1.43 bits per heavy atom. The highest BCUT2D eigenvalue weighted by atomic mass is 16.5. The largest absolute Gasteiger partial charge is 0.462 e. The van der Waals surface area contributed by atoms with E-state index in [2.05, 4.69) is 27.7 Å². The standard InChI is InChI=1S/C24H38O4/c1-5-11-19(7-3)15-17-27-23(25)21-13-9-10-14-22(21)24(26)28-18-16-20(8-4)12-6-2/h9-10,13-14,19-20H,5-8,11-12,15-18H2,1-4H3/t19-,20-/m0/s1. The van der Waals surface area contributed by atoms with Crippen molar-refractivity contribution in [2.75, 3.05) is 13.2 Å². The van der Waals surface area contributed by atoms with Gasteiger partial charge in [-0.05, 0) is 36.8 Å². The van der Waals surface area contributed by atoms with E-state index in [1.165, 1.54) is 0 Å². The van der Waals surface area contributed by atoms with Crippen molar-refractivity contribution in [2.45, 2.75) is 79.1 Å². The van der Waals surface area contributed by atoms with Gasteiger partial charge in [0.15, 0.2) is 0 Å². The van der Waals surface area contributed by atoms with E-state index in [1.807, 2.05) is 0 Å². The smallest absolute Gasteiger partial charge is 0.339 e. The van der Waals surface area contributed by atoms with Crippen LogP contribution in [0.3, 0.4) is 0 Å². The molecule has 0 spiro atoms. The first kappa shape index (κ1) is 24.2. The van der Waals surface area contributed by atoms with E-state index in [0.29, 0.717) is 25.0 Å². The molecule has 0 aromatic heterocycles. The maximum absolute atomic E-state index is 12.5. The molecule has 158 valence electrons. The molecule has 0 fully saturated rings. The van der Waals surface area contributed by atoms with E-state index in [-0.39, 0.29) is 11.1 Å². The lowest BCUT2D eigenvalue weighted by Crippen LogP contribution is -2.16. The molecule has 0 radical (unpaired) electrons. The van der Waals surface area contributed by atoms with Crippen LogP contribution in [-0.2, 0) is 9.47 Å². The number of hydrogen-bond donors (Lipinski definition) is 0. The molecular formula is C24H38O4. The third-order valence-electron chi connectivity index (χ3n) is 5.43. The SMILES string of the molecule is CCC[C@H](CC)CCOC(=O)c1ccccc1C(=O)OCC[C@@H](CC)CCC. The van der Waals surface area contributed by atoms with Crippen molar-refractivity contribution >= 4 is 11.9 Å². The molecule has 0 unspecified atom stereocenters. The number of esters is 2. The van der Waals surface area contributed by atoms with Crippen molar-refractivity contribution in [3.63, 3.8) is 0 Å². The molecule has 1 aromatic rings. The summed E-state index contributed by atoms with van der Waals surface area (Å²) < 4.78 is 10.9. The number of carbonyl (C=O) groups excluding carboxylic acids is 2. The maximum atomic E-state index is 12.5. The molecule has 0 saturated heterocycles. The Kier molecular flexibility index (Phi) is 12.3. The minimum atomic E-state index is -0.448. The second-order valence-electron chi connectivity index (χ2n) is 7.52. The first-order valence-corrected chi connectivity index (χ1v) is 11.0. The van der Waals surface area contributed by atoms with E-state index in [0.717, 1.165) is 51.4 Å². The average Bonchev–Trinajstić information content (AvgIpc) is 2.72. The van der Waals surface area contributed by atoms with Crippen LogP contribution in [0.5, 0.6) is 0 Å². The first-order valence-electron chi connectivity index (χ1n) is 11.0. The summed E-state index contributed by atoms with van der Waals surface area (Å²) in [5.41, 5.74) is 0.577. The number of ether oxygens (including phenoxy) is 2. The van der Waals surface area contributed by atoms with Gasteiger partial charge in [-0.15, -0.1) is 0 Å². The highest BCUT2D eigenvalue weighted by Gasteiger charge is 2.19. The highest BCUT2D eigenvalue weighted by molar-refractivity contribution is 6.03. The van der Waals surface area contributed by atoms with Crippen LogP contribution in [0.25, 0.3) is 0 Å². The van der Waals surface area contributed by atoms with E-state index in [4.69, 9.17) is 9.47 Å². The number of rotatable bonds is 14. The van der Waals surface area contributed by atoms with Crippen molar-refractivity contribution < 1.29 is 19.1 Å². The second kappa shape index (κ2) is 14.2. The Hall–Kier alpha value is -1.84. The summed E-state index contributed by atoms with van der Waals surface area (Å²) in [5, 5.41) is 0. The molecule has 0 aliphatic rings. The van der Waals surface area contributed by atoms with Gasteiger partial charge in [-0.25, -0.2) is 9.59 Å². The van der Waals surface area contributed by atoms with Crippen LogP contribution < -0.4 is 0 Å². The van der Waals surface area contributed by atoms with Gasteiger partial charge in [0.1, 0.15) is 0 Å². The van der Waals surface area contributed by atoms with Gasteiger partial charge in [0.2, 0.25) is 0 Å². The maximum Gasteiger partial charge on any atom is 0.339 e. The summed E-state index contributed by atoms with van der Waals surface area (Å²) >= 11 is 0. The third kappa shape index (κ3) is 8.45. The molecule has 2 atom stereocenters. The van der Waals surface area contributed by atoms with Crippen LogP contribution in [0, 0.1) is 11.8 Å². The number of hydrogen-bond acceptors (Lipinski definition) is 4. The van der Waals surface area contributed by atoms with Gasteiger partial charge < -0.3 is 9.47 Å². The molecule has 0 N–H and O–H groups in total. The van der Waals surface area contributed by atoms with E-state index >= 15 is 0 Å². The monoisotopic (exact) mass is 390 g/mol. The minimum absolute atomic E-state index is 0.289. The molecule has 0 heterocycles. The molecule has 0 amide bonds. The summed E-state index contributed by atoms with van der Waals surface area (Å²) in [4.78, 5) is 25.0. The fourth-order valence-electron chi connectivity index (χ4n) is 3.55. The molecule has 0 aliphatic heterocycles. The van der Waals surface area contributed by atoms with E-state index < -0.39 is 11.9 Å². The van der Waals surface area contributed by atoms with Gasteiger partial charge in [-0.2, -0.15) is 0 Å². The zero-order chi connectivity index (χ0) is 20.8. The van der Waals surface area contributed by atoms with Gasteiger partial charge in [0, 0.05) is 0 Å². The molecule has 4 nitrogen and oxygen atoms in total. The molecule has 0 saturated carbocycles. The molecule has 4 heteroatoms. The second-order valence-corrected chi connectivity index (χ2v) is 7.52. The van der Waals surface area contributed by atoms with Gasteiger partial charge in [-0.3, -0.25) is 0 Å². The molecule has 1 aromatic carbocycles. The lowest BCUT2D eigenvalue weighted by atomic mass is 9.97. The fraction of sp³-hybridized carbons (Fsp3) is 0.667. The normalized spacial score (nSPS) is 13.0. The molecule has 0 bridgehead atoms. The van der Waals surface area contributed by atoms with Crippen LogP contribution in [0.4, 0.5) is 0 Å². The summed E-state index contributed by atoms with van der Waals surface area (Å²) in [7, 11) is 0. The predicted octanol–water partition coefficient (Wildman–Crippen LogP) is 6.43. The van der Waals surface area contributed by atoms with Crippen molar-refractivity contribution in [2.24, 2.45) is 11.8 Å². The summed E-state index contributed by atoms with van der Waals surface area (Å²) in [6.45, 7) is 9.43. The number of carbonyl (C=O) groups is 2. The fourth-order valence-corrected chi connectivity index (χ4v) is 3.55. The van der Waals surface area contributed by atoms with Crippen LogP contribution >= 0.6 is 0 Å². The Labute approximate surface area is 171 Å². The number of benzene rings is 1. The van der Waals surface area contributed by atoms with Crippen LogP contribution in [0.1, 0.15) is 99.8 Å². The highest BCUT2D eigenvalue weighted by Crippen LogP contribution is 2.18. The summed E-state index contributed by atoms with van der Waals surface area (Å²) in [6, 6.07) is 6.75. The van der Waals surface area contributed by atoms with Crippen LogP contribution in [0.2, 0.25) is 0 Å². The zero-order valence-corrected chi connectivity index (χ0v) is 18.2. The van der Waals surface area contributed by atoms with E-state index in [1.54, 1.807) is 24.3 Å². The molecule has 0 aliphatic carbocycles. The molecule has 28 heavy (non-hydrogen) atoms. The summed E-state index contributed by atoms with van der Waals surface area (Å²) in [5.74, 6) is 0.257. The third-order valence-corrected chi connectivity index (χ3v) is 5.43. The van der Waals surface area contributed by atoms with Gasteiger partial charge in [0.25, 0.3) is 0 Å². The van der Waals surface area contributed by atoms with Gasteiger partial charge in [0.05, 0.1) is 24.3 Å². The average molecular weight is 391 g/mol. The predicted molar refractivity (Wildman–Crippen MR) is 114 cm³/mol. The zero-order valence-electron chi connectivity index (χ0n) is 18.2. The lowest BCUT2D eigenvalue weighted by molar-refractivity contribution is 0.0432. The van der Waals surface area contributed by atoms with Crippen molar-refractivity contribution in [1.29, 1.82) is 0 Å². The van der Waals surface area contributed by atoms with Crippen molar-refractivity contribution in [1.82, 2.24) is 0 Å². The Balaban J connectivity index is 2.60. The van der Waals surface area contributed by atoms with Crippen LogP contribution in [0.15, 0.2) is 24.3 Å². The van der Waals surface area contributed by atoms with Gasteiger partial charge >= 0.3 is 11.9 Å².